The third-order valence-electron chi connectivity index (χ3n) is 3.38. The van der Waals surface area contributed by atoms with Crippen molar-refractivity contribution in [2.24, 2.45) is 0 Å². The summed E-state index contributed by atoms with van der Waals surface area (Å²) >= 11 is 0. The van der Waals surface area contributed by atoms with Crippen molar-refractivity contribution < 1.29 is 23.1 Å². The summed E-state index contributed by atoms with van der Waals surface area (Å²) in [5.41, 5.74) is 0.0731. The van der Waals surface area contributed by atoms with E-state index in [-0.39, 0.29) is 12.3 Å². The third-order valence-corrected chi connectivity index (χ3v) is 3.38. The molecule has 1 atom stereocenters. The Hall–Kier alpha value is -2.54. The summed E-state index contributed by atoms with van der Waals surface area (Å²) in [5.74, 6) is -0.596. The van der Waals surface area contributed by atoms with E-state index in [2.05, 4.69) is 10.6 Å². The molecule has 0 saturated carbocycles. The van der Waals surface area contributed by atoms with E-state index in [1.54, 1.807) is 24.3 Å². The van der Waals surface area contributed by atoms with E-state index < -0.39 is 23.7 Å². The van der Waals surface area contributed by atoms with Crippen LogP contribution in [0.2, 0.25) is 0 Å². The summed E-state index contributed by atoms with van der Waals surface area (Å²) in [6.07, 6.45) is -4.55. The Morgan fingerprint density at radius 3 is 2.54 bits per heavy atom. The number of rotatable bonds is 5. The zero-order valence-corrected chi connectivity index (χ0v) is 12.9. The second-order valence-electron chi connectivity index (χ2n) is 5.26. The van der Waals surface area contributed by atoms with Gasteiger partial charge in [0.2, 0.25) is 5.91 Å². The van der Waals surface area contributed by atoms with Crippen LogP contribution in [0.4, 0.5) is 24.5 Å². The third kappa shape index (κ3) is 4.48. The standard InChI is InChI=1S/C17H17F3N2O2/c1-11(21-13-6-4-5-12(9-13)10-23)16(24)22-15-8-3-2-7-14(15)17(18,19)20/h2-9,11,21,23H,10H2,1H3,(H,22,24). The maximum absolute atomic E-state index is 12.9. The van der Waals surface area contributed by atoms with Crippen LogP contribution in [-0.4, -0.2) is 17.1 Å². The fraction of sp³-hybridized carbons (Fsp3) is 0.235. The Kier molecular flexibility index (Phi) is 5.46. The predicted molar refractivity (Wildman–Crippen MR) is 85.5 cm³/mol. The van der Waals surface area contributed by atoms with Gasteiger partial charge in [-0.05, 0) is 36.8 Å². The zero-order valence-electron chi connectivity index (χ0n) is 12.9. The lowest BCUT2D eigenvalue weighted by Crippen LogP contribution is -2.32. The molecular formula is C17H17F3N2O2. The molecule has 2 aromatic carbocycles. The highest BCUT2D eigenvalue weighted by molar-refractivity contribution is 5.96. The summed E-state index contributed by atoms with van der Waals surface area (Å²) in [6, 6.07) is 10.8. The van der Waals surface area contributed by atoms with Crippen LogP contribution >= 0.6 is 0 Å². The molecule has 128 valence electrons. The number of hydrogen-bond acceptors (Lipinski definition) is 3. The normalized spacial score (nSPS) is 12.5. The van der Waals surface area contributed by atoms with E-state index >= 15 is 0 Å². The van der Waals surface area contributed by atoms with Crippen LogP contribution < -0.4 is 10.6 Å². The molecule has 0 radical (unpaired) electrons. The number of carbonyl (C=O) groups is 1. The largest absolute Gasteiger partial charge is 0.418 e. The van der Waals surface area contributed by atoms with E-state index in [1.807, 2.05) is 0 Å². The fourth-order valence-electron chi connectivity index (χ4n) is 2.16. The van der Waals surface area contributed by atoms with Crippen LogP contribution in [0.25, 0.3) is 0 Å². The molecule has 0 aromatic heterocycles. The second-order valence-corrected chi connectivity index (χ2v) is 5.26. The van der Waals surface area contributed by atoms with Gasteiger partial charge in [-0.3, -0.25) is 4.79 Å². The van der Waals surface area contributed by atoms with Gasteiger partial charge in [0.05, 0.1) is 17.9 Å². The molecule has 0 aliphatic heterocycles. The monoisotopic (exact) mass is 338 g/mol. The number of para-hydroxylation sites is 1. The maximum atomic E-state index is 12.9. The molecule has 0 fully saturated rings. The van der Waals surface area contributed by atoms with Crippen LogP contribution in [0.15, 0.2) is 48.5 Å². The summed E-state index contributed by atoms with van der Waals surface area (Å²) in [7, 11) is 0. The van der Waals surface area contributed by atoms with Gasteiger partial charge in [0.1, 0.15) is 6.04 Å². The number of alkyl halides is 3. The first-order valence-electron chi connectivity index (χ1n) is 7.24. The molecular weight excluding hydrogens is 321 g/mol. The van der Waals surface area contributed by atoms with Crippen molar-refractivity contribution in [1.29, 1.82) is 0 Å². The Labute approximate surface area is 137 Å². The number of amides is 1. The molecule has 0 bridgehead atoms. The lowest BCUT2D eigenvalue weighted by Gasteiger charge is -2.18. The smallest absolute Gasteiger partial charge is 0.392 e. The predicted octanol–water partition coefficient (Wildman–Crippen LogP) is 3.64. The lowest BCUT2D eigenvalue weighted by molar-refractivity contribution is -0.137. The van der Waals surface area contributed by atoms with E-state index in [0.29, 0.717) is 11.3 Å². The van der Waals surface area contributed by atoms with Crippen LogP contribution in [0.3, 0.4) is 0 Å². The maximum Gasteiger partial charge on any atom is 0.418 e. The van der Waals surface area contributed by atoms with Crippen molar-refractivity contribution >= 4 is 17.3 Å². The lowest BCUT2D eigenvalue weighted by atomic mass is 10.1. The highest BCUT2D eigenvalue weighted by Gasteiger charge is 2.33. The van der Waals surface area contributed by atoms with Gasteiger partial charge in [0.15, 0.2) is 0 Å². The van der Waals surface area contributed by atoms with E-state index in [1.165, 1.54) is 25.1 Å². The molecule has 1 unspecified atom stereocenters. The average Bonchev–Trinajstić information content (AvgIpc) is 2.54. The number of aliphatic hydroxyl groups is 1. The molecule has 0 heterocycles. The number of carbonyl (C=O) groups excluding carboxylic acids is 1. The average molecular weight is 338 g/mol. The Morgan fingerprint density at radius 1 is 1.17 bits per heavy atom. The first-order chi connectivity index (χ1) is 11.3. The summed E-state index contributed by atoms with van der Waals surface area (Å²) < 4.78 is 38.8. The highest BCUT2D eigenvalue weighted by Crippen LogP contribution is 2.34. The summed E-state index contributed by atoms with van der Waals surface area (Å²) in [5, 5.41) is 14.3. The minimum atomic E-state index is -4.55. The summed E-state index contributed by atoms with van der Waals surface area (Å²) in [6.45, 7) is 1.40. The molecule has 0 aliphatic rings. The first-order valence-corrected chi connectivity index (χ1v) is 7.24. The van der Waals surface area contributed by atoms with E-state index in [0.717, 1.165) is 6.07 Å². The summed E-state index contributed by atoms with van der Waals surface area (Å²) in [4.78, 5) is 12.2. The number of halogens is 3. The molecule has 1 amide bonds. The molecule has 0 saturated heterocycles. The fourth-order valence-corrected chi connectivity index (χ4v) is 2.16. The van der Waals surface area contributed by atoms with Gasteiger partial charge in [0, 0.05) is 5.69 Å². The van der Waals surface area contributed by atoms with Crippen molar-refractivity contribution in [3.63, 3.8) is 0 Å². The van der Waals surface area contributed by atoms with Crippen LogP contribution in [0.5, 0.6) is 0 Å². The molecule has 24 heavy (non-hydrogen) atoms. The quantitative estimate of drug-likeness (QED) is 0.780. The minimum absolute atomic E-state index is 0.144. The highest BCUT2D eigenvalue weighted by atomic mass is 19.4. The Bertz CT molecular complexity index is 717. The van der Waals surface area contributed by atoms with Crippen molar-refractivity contribution in [2.45, 2.75) is 25.7 Å². The SMILES string of the molecule is CC(Nc1cccc(CO)c1)C(=O)Nc1ccccc1C(F)(F)F. The van der Waals surface area contributed by atoms with Gasteiger partial charge in [-0.15, -0.1) is 0 Å². The van der Waals surface area contributed by atoms with Crippen LogP contribution in [0.1, 0.15) is 18.1 Å². The molecule has 4 nitrogen and oxygen atoms in total. The molecule has 2 rings (SSSR count). The number of aliphatic hydroxyl groups excluding tert-OH is 1. The van der Waals surface area contributed by atoms with Crippen molar-refractivity contribution in [3.8, 4) is 0 Å². The van der Waals surface area contributed by atoms with Crippen molar-refractivity contribution in [3.05, 3.63) is 59.7 Å². The number of hydrogen-bond donors (Lipinski definition) is 3. The molecule has 2 aromatic rings. The Morgan fingerprint density at radius 2 is 1.88 bits per heavy atom. The molecule has 3 N–H and O–H groups in total. The molecule has 7 heteroatoms. The Balaban J connectivity index is 2.09. The van der Waals surface area contributed by atoms with Crippen molar-refractivity contribution in [2.75, 3.05) is 10.6 Å². The number of nitrogens with one attached hydrogen (secondary N) is 2. The van der Waals surface area contributed by atoms with Crippen molar-refractivity contribution in [1.82, 2.24) is 0 Å². The van der Waals surface area contributed by atoms with Crippen LogP contribution in [-0.2, 0) is 17.6 Å². The van der Waals surface area contributed by atoms with Gasteiger partial charge in [0.25, 0.3) is 0 Å². The van der Waals surface area contributed by atoms with Gasteiger partial charge in [-0.25, -0.2) is 0 Å². The molecule has 0 aliphatic carbocycles. The van der Waals surface area contributed by atoms with Gasteiger partial charge in [-0.1, -0.05) is 24.3 Å². The minimum Gasteiger partial charge on any atom is -0.392 e. The second kappa shape index (κ2) is 7.35. The van der Waals surface area contributed by atoms with Gasteiger partial charge >= 0.3 is 6.18 Å². The zero-order chi connectivity index (χ0) is 17.7. The number of anilines is 2. The van der Waals surface area contributed by atoms with Crippen LogP contribution in [0, 0.1) is 0 Å². The number of benzene rings is 2. The van der Waals surface area contributed by atoms with E-state index in [9.17, 15) is 18.0 Å². The topological polar surface area (TPSA) is 61.4 Å². The first kappa shape index (κ1) is 17.8. The van der Waals surface area contributed by atoms with E-state index in [4.69, 9.17) is 5.11 Å². The van der Waals surface area contributed by atoms with Gasteiger partial charge in [-0.2, -0.15) is 13.2 Å². The van der Waals surface area contributed by atoms with Gasteiger partial charge < -0.3 is 15.7 Å². The molecule has 0 spiro atoms.